The summed E-state index contributed by atoms with van der Waals surface area (Å²) in [4.78, 5) is 15.1. The Hall–Kier alpha value is -0.740. The van der Waals surface area contributed by atoms with Gasteiger partial charge in [-0.1, -0.05) is 27.7 Å². The van der Waals surface area contributed by atoms with Crippen LogP contribution in [0, 0.1) is 17.8 Å². The molecule has 0 aromatic carbocycles. The fourth-order valence-corrected chi connectivity index (χ4v) is 5.74. The van der Waals surface area contributed by atoms with Crippen molar-refractivity contribution in [3.63, 3.8) is 0 Å². The highest BCUT2D eigenvalue weighted by atomic mass is 32.2. The summed E-state index contributed by atoms with van der Waals surface area (Å²) in [6.45, 7) is 14.7. The zero-order valence-corrected chi connectivity index (χ0v) is 19.4. The van der Waals surface area contributed by atoms with Crippen molar-refractivity contribution in [2.24, 2.45) is 17.8 Å². The first-order chi connectivity index (χ1) is 13.7. The molecular weight excluding hydrogens is 392 g/mol. The minimum Gasteiger partial charge on any atom is -0.379 e. The Morgan fingerprint density at radius 2 is 1.69 bits per heavy atom. The quantitative estimate of drug-likeness (QED) is 0.557. The van der Waals surface area contributed by atoms with Gasteiger partial charge in [0.25, 0.3) is 10.2 Å². The maximum absolute atomic E-state index is 12.9. The molecule has 0 spiro atoms. The summed E-state index contributed by atoms with van der Waals surface area (Å²) in [6, 6.07) is 0. The van der Waals surface area contributed by atoms with E-state index < -0.39 is 10.2 Å². The molecule has 8 nitrogen and oxygen atoms in total. The van der Waals surface area contributed by atoms with Gasteiger partial charge in [0.2, 0.25) is 5.91 Å². The summed E-state index contributed by atoms with van der Waals surface area (Å²) < 4.78 is 34.0. The van der Waals surface area contributed by atoms with Gasteiger partial charge in [0.1, 0.15) is 0 Å². The third-order valence-electron chi connectivity index (χ3n) is 5.35. The van der Waals surface area contributed by atoms with Gasteiger partial charge in [0, 0.05) is 52.4 Å². The molecule has 170 valence electrons. The smallest absolute Gasteiger partial charge is 0.282 e. The van der Waals surface area contributed by atoms with Crippen LogP contribution < -0.4 is 5.32 Å². The molecule has 0 aliphatic carbocycles. The standard InChI is InChI=1S/C20H40N4O4S/c1-17(2)14-22(15-18(3)4)9-7-21-20(25)19-6-5-8-24(16-19)29(26,27)23-10-12-28-13-11-23/h17-19H,5-16H2,1-4H3,(H,21,25)/t19-/m0/s1. The fourth-order valence-electron chi connectivity index (χ4n) is 4.08. The monoisotopic (exact) mass is 432 g/mol. The second kappa shape index (κ2) is 11.6. The summed E-state index contributed by atoms with van der Waals surface area (Å²) in [5.41, 5.74) is 0. The van der Waals surface area contributed by atoms with Crippen molar-refractivity contribution in [2.75, 3.05) is 65.6 Å². The van der Waals surface area contributed by atoms with Gasteiger partial charge in [-0.2, -0.15) is 17.0 Å². The third kappa shape index (κ3) is 7.79. The predicted molar refractivity (Wildman–Crippen MR) is 115 cm³/mol. The van der Waals surface area contributed by atoms with Crippen molar-refractivity contribution < 1.29 is 17.9 Å². The number of rotatable bonds is 10. The van der Waals surface area contributed by atoms with E-state index in [2.05, 4.69) is 37.9 Å². The summed E-state index contributed by atoms with van der Waals surface area (Å²) in [5.74, 6) is 0.868. The number of nitrogens with zero attached hydrogens (tertiary/aromatic N) is 3. The Morgan fingerprint density at radius 1 is 1.07 bits per heavy atom. The zero-order chi connectivity index (χ0) is 21.4. The maximum atomic E-state index is 12.9. The molecule has 2 heterocycles. The van der Waals surface area contributed by atoms with Crippen molar-refractivity contribution in [1.82, 2.24) is 18.8 Å². The van der Waals surface area contributed by atoms with Gasteiger partial charge in [0.05, 0.1) is 19.1 Å². The second-order valence-electron chi connectivity index (χ2n) is 9.05. The van der Waals surface area contributed by atoms with Crippen LogP contribution in [0.15, 0.2) is 0 Å². The Bertz CT molecular complexity index is 596. The van der Waals surface area contributed by atoms with Crippen LogP contribution in [0.5, 0.6) is 0 Å². The van der Waals surface area contributed by atoms with E-state index in [9.17, 15) is 13.2 Å². The van der Waals surface area contributed by atoms with Crippen LogP contribution in [0.4, 0.5) is 0 Å². The lowest BCUT2D eigenvalue weighted by atomic mass is 9.99. The Labute approximate surface area is 177 Å². The maximum Gasteiger partial charge on any atom is 0.282 e. The van der Waals surface area contributed by atoms with E-state index in [1.54, 1.807) is 0 Å². The molecular formula is C20H40N4O4S. The van der Waals surface area contributed by atoms with E-state index in [4.69, 9.17) is 4.74 Å². The minimum atomic E-state index is -3.51. The first kappa shape index (κ1) is 24.5. The van der Waals surface area contributed by atoms with Crippen LogP contribution in [0.3, 0.4) is 0 Å². The number of morpholine rings is 1. The normalized spacial score (nSPS) is 22.5. The van der Waals surface area contributed by atoms with Gasteiger partial charge in [0.15, 0.2) is 0 Å². The van der Waals surface area contributed by atoms with Crippen LogP contribution in [-0.2, 0) is 19.7 Å². The number of hydrogen-bond donors (Lipinski definition) is 1. The Kier molecular flexibility index (Phi) is 9.81. The highest BCUT2D eigenvalue weighted by Crippen LogP contribution is 2.22. The average Bonchev–Trinajstić information content (AvgIpc) is 2.67. The van der Waals surface area contributed by atoms with E-state index in [1.807, 2.05) is 0 Å². The van der Waals surface area contributed by atoms with Crippen LogP contribution in [0.2, 0.25) is 0 Å². The molecule has 0 aromatic rings. The molecule has 0 bridgehead atoms. The van der Waals surface area contributed by atoms with E-state index in [0.717, 1.165) is 26.1 Å². The first-order valence-corrected chi connectivity index (χ1v) is 12.4. The number of carbonyl (C=O) groups excluding carboxylic acids is 1. The molecule has 2 saturated heterocycles. The number of hydrogen-bond acceptors (Lipinski definition) is 5. The molecule has 0 radical (unpaired) electrons. The number of nitrogens with one attached hydrogen (secondary N) is 1. The van der Waals surface area contributed by atoms with Crippen LogP contribution in [0.1, 0.15) is 40.5 Å². The number of ether oxygens (including phenoxy) is 1. The lowest BCUT2D eigenvalue weighted by Gasteiger charge is -2.36. The van der Waals surface area contributed by atoms with Gasteiger partial charge < -0.3 is 15.0 Å². The van der Waals surface area contributed by atoms with Crippen molar-refractivity contribution in [1.29, 1.82) is 0 Å². The topological polar surface area (TPSA) is 82.2 Å². The summed E-state index contributed by atoms with van der Waals surface area (Å²) >= 11 is 0. The molecule has 1 atom stereocenters. The van der Waals surface area contributed by atoms with Crippen LogP contribution in [0.25, 0.3) is 0 Å². The molecule has 0 saturated carbocycles. The molecule has 2 fully saturated rings. The van der Waals surface area contributed by atoms with Gasteiger partial charge in [-0.15, -0.1) is 0 Å². The lowest BCUT2D eigenvalue weighted by molar-refractivity contribution is -0.126. The van der Waals surface area contributed by atoms with E-state index >= 15 is 0 Å². The fraction of sp³-hybridized carbons (Fsp3) is 0.950. The predicted octanol–water partition coefficient (Wildman–Crippen LogP) is 1.01. The van der Waals surface area contributed by atoms with Gasteiger partial charge in [-0.25, -0.2) is 0 Å². The van der Waals surface area contributed by atoms with Gasteiger partial charge >= 0.3 is 0 Å². The highest BCUT2D eigenvalue weighted by Gasteiger charge is 2.36. The Morgan fingerprint density at radius 3 is 2.28 bits per heavy atom. The molecule has 29 heavy (non-hydrogen) atoms. The Balaban J connectivity index is 1.84. The largest absolute Gasteiger partial charge is 0.379 e. The molecule has 0 aromatic heterocycles. The molecule has 1 N–H and O–H groups in total. The van der Waals surface area contributed by atoms with Crippen molar-refractivity contribution in [3.05, 3.63) is 0 Å². The SMILES string of the molecule is CC(C)CN(CCNC(=O)[C@H]1CCCN(S(=O)(=O)N2CCOCC2)C1)CC(C)C. The average molecular weight is 433 g/mol. The number of piperidine rings is 1. The van der Waals surface area contributed by atoms with Gasteiger partial charge in [-0.05, 0) is 24.7 Å². The van der Waals surface area contributed by atoms with Crippen LogP contribution >= 0.6 is 0 Å². The molecule has 2 rings (SSSR count). The number of amides is 1. The van der Waals surface area contributed by atoms with E-state index in [0.29, 0.717) is 57.6 Å². The van der Waals surface area contributed by atoms with E-state index in [1.165, 1.54) is 8.61 Å². The summed E-state index contributed by atoms with van der Waals surface area (Å²) in [5, 5.41) is 3.05. The van der Waals surface area contributed by atoms with Crippen LogP contribution in [-0.4, -0.2) is 93.4 Å². The molecule has 2 aliphatic heterocycles. The second-order valence-corrected chi connectivity index (χ2v) is 11.0. The highest BCUT2D eigenvalue weighted by molar-refractivity contribution is 7.86. The number of carbonyl (C=O) groups is 1. The van der Waals surface area contributed by atoms with Gasteiger partial charge in [-0.3, -0.25) is 4.79 Å². The van der Waals surface area contributed by atoms with Crippen molar-refractivity contribution in [2.45, 2.75) is 40.5 Å². The van der Waals surface area contributed by atoms with Crippen molar-refractivity contribution in [3.8, 4) is 0 Å². The molecule has 9 heteroatoms. The zero-order valence-electron chi connectivity index (χ0n) is 18.6. The molecule has 1 amide bonds. The molecule has 2 aliphatic rings. The minimum absolute atomic E-state index is 0.0269. The van der Waals surface area contributed by atoms with Crippen molar-refractivity contribution >= 4 is 16.1 Å². The first-order valence-electron chi connectivity index (χ1n) is 11.0. The third-order valence-corrected chi connectivity index (χ3v) is 7.35. The molecule has 0 unspecified atom stereocenters. The summed E-state index contributed by atoms with van der Waals surface area (Å²) in [6.07, 6.45) is 1.46. The van der Waals surface area contributed by atoms with E-state index in [-0.39, 0.29) is 18.4 Å². The summed E-state index contributed by atoms with van der Waals surface area (Å²) in [7, 11) is -3.51. The lowest BCUT2D eigenvalue weighted by Crippen LogP contribution is -2.53.